The van der Waals surface area contributed by atoms with E-state index in [0.717, 1.165) is 12.1 Å². The number of ether oxygens (including phenoxy) is 3. The third-order valence-corrected chi connectivity index (χ3v) is 3.65. The van der Waals surface area contributed by atoms with E-state index < -0.39 is 50.3 Å². The second-order valence-electron chi connectivity index (χ2n) is 5.23. The summed E-state index contributed by atoms with van der Waals surface area (Å²) in [5.41, 5.74) is 0.0353. The summed E-state index contributed by atoms with van der Waals surface area (Å²) in [5.74, 6) is -4.84. The van der Waals surface area contributed by atoms with E-state index in [1.165, 1.54) is 30.3 Å². The summed E-state index contributed by atoms with van der Waals surface area (Å²) in [4.78, 5) is 0. The molecule has 1 N–H and O–H groups in total. The van der Waals surface area contributed by atoms with Crippen LogP contribution in [0.5, 0.6) is 17.2 Å². The standard InChI is InChI=1S/C19H20FNO3/c20-15-3-1-13(2-4-15)17-7-8-21-10-14(17)11-22-16-5-6-18-19(9-16)24-12-23-18/h1-6,9,14,17,21H,7-8,10-12H2/t14-,17?/m1/s1/i7D2,8D2,11D2,12D2,14D. The Hall–Kier alpha value is -2.27. The van der Waals surface area contributed by atoms with Gasteiger partial charge in [-0.3, -0.25) is 0 Å². The van der Waals surface area contributed by atoms with Crippen LogP contribution in [-0.4, -0.2) is 26.3 Å². The van der Waals surface area contributed by atoms with Crippen molar-refractivity contribution in [2.24, 2.45) is 5.89 Å². The molecule has 2 aliphatic rings. The number of fused-ring (bicyclic) bond motifs is 1. The molecule has 1 unspecified atom stereocenters. The van der Waals surface area contributed by atoms with Gasteiger partial charge in [-0.15, -0.1) is 0 Å². The molecule has 1 fully saturated rings. The normalized spacial score (nSPS) is 37.9. The lowest BCUT2D eigenvalue weighted by molar-refractivity contribution is 0.173. The summed E-state index contributed by atoms with van der Waals surface area (Å²) < 4.78 is 103. The lowest BCUT2D eigenvalue weighted by Gasteiger charge is -2.32. The molecule has 5 heteroatoms. The molecule has 1 saturated heterocycles. The van der Waals surface area contributed by atoms with Crippen LogP contribution >= 0.6 is 0 Å². The molecule has 4 rings (SSSR count). The highest BCUT2D eigenvalue weighted by Gasteiger charge is 2.27. The van der Waals surface area contributed by atoms with Crippen LogP contribution in [0.2, 0.25) is 0 Å². The van der Waals surface area contributed by atoms with E-state index >= 15 is 0 Å². The first kappa shape index (κ1) is 8.21. The second kappa shape index (κ2) is 6.69. The smallest absolute Gasteiger partial charge is 0.231 e. The van der Waals surface area contributed by atoms with Gasteiger partial charge in [-0.05, 0) is 48.6 Å². The molecule has 0 aliphatic carbocycles. The predicted molar refractivity (Wildman–Crippen MR) is 88.2 cm³/mol. The van der Waals surface area contributed by atoms with Crippen molar-refractivity contribution in [2.75, 3.05) is 26.3 Å². The third kappa shape index (κ3) is 3.17. The van der Waals surface area contributed by atoms with E-state index in [2.05, 4.69) is 5.32 Å². The van der Waals surface area contributed by atoms with Gasteiger partial charge in [-0.2, -0.15) is 0 Å². The molecule has 0 saturated carbocycles. The second-order valence-corrected chi connectivity index (χ2v) is 5.23. The van der Waals surface area contributed by atoms with Gasteiger partial charge in [0.05, 0.1) is 9.30 Å². The highest BCUT2D eigenvalue weighted by molar-refractivity contribution is 5.46. The molecular formula is C19H20FNO3. The van der Waals surface area contributed by atoms with Gasteiger partial charge in [0.1, 0.15) is 14.3 Å². The van der Waals surface area contributed by atoms with Crippen molar-refractivity contribution >= 4 is 0 Å². The topological polar surface area (TPSA) is 39.7 Å². The van der Waals surface area contributed by atoms with Crippen LogP contribution < -0.4 is 19.5 Å². The quantitative estimate of drug-likeness (QED) is 0.928. The Bertz CT molecular complexity index is 1070. The van der Waals surface area contributed by atoms with E-state index in [0.29, 0.717) is 0 Å². The summed E-state index contributed by atoms with van der Waals surface area (Å²) in [6.45, 7) is -8.53. The predicted octanol–water partition coefficient (Wildman–Crippen LogP) is 3.33. The van der Waals surface area contributed by atoms with E-state index in [9.17, 15) is 4.39 Å². The fraction of sp³-hybridized carbons (Fsp3) is 0.368. The lowest BCUT2D eigenvalue weighted by atomic mass is 9.81. The van der Waals surface area contributed by atoms with Crippen LogP contribution in [0.25, 0.3) is 0 Å². The fourth-order valence-corrected chi connectivity index (χ4v) is 2.44. The van der Waals surface area contributed by atoms with Crippen LogP contribution in [0.3, 0.4) is 0 Å². The molecule has 0 aromatic heterocycles. The molecule has 0 bridgehead atoms. The van der Waals surface area contributed by atoms with Crippen molar-refractivity contribution in [1.82, 2.24) is 5.32 Å². The summed E-state index contributed by atoms with van der Waals surface area (Å²) in [5, 5.41) is 2.28. The number of halogens is 1. The number of piperidine rings is 1. The lowest BCUT2D eigenvalue weighted by Crippen LogP contribution is -2.38. The monoisotopic (exact) mass is 338 g/mol. The van der Waals surface area contributed by atoms with Crippen molar-refractivity contribution in [3.63, 3.8) is 0 Å². The zero-order valence-corrected chi connectivity index (χ0v) is 12.4. The third-order valence-electron chi connectivity index (χ3n) is 3.65. The van der Waals surface area contributed by atoms with Crippen molar-refractivity contribution in [1.29, 1.82) is 0 Å². The van der Waals surface area contributed by atoms with E-state index in [4.69, 9.17) is 26.5 Å². The van der Waals surface area contributed by atoms with Gasteiger partial charge in [0.2, 0.25) is 6.75 Å². The van der Waals surface area contributed by atoms with Crippen LogP contribution in [0.4, 0.5) is 4.39 Å². The van der Waals surface area contributed by atoms with Gasteiger partial charge >= 0.3 is 0 Å². The van der Waals surface area contributed by atoms with Gasteiger partial charge in [0.25, 0.3) is 0 Å². The number of hydrogen-bond donors (Lipinski definition) is 1. The molecule has 4 nitrogen and oxygen atoms in total. The number of benzene rings is 2. The molecule has 126 valence electrons. The van der Waals surface area contributed by atoms with Crippen LogP contribution in [0.15, 0.2) is 42.5 Å². The Morgan fingerprint density at radius 1 is 1.25 bits per heavy atom. The zero-order chi connectivity index (χ0) is 24.4. The van der Waals surface area contributed by atoms with E-state index in [-0.39, 0.29) is 22.8 Å². The SMILES string of the molecule is [2H]C1([2H])Oc2ccc(OC([2H])([2H])[C@@]3([2H])CNC([2H])([2H])C([2H])([2H])C3c3ccc(F)cc3)cc2O1. The maximum absolute atomic E-state index is 13.5. The Kier molecular flexibility index (Phi) is 2.29. The van der Waals surface area contributed by atoms with Gasteiger partial charge in [-0.25, -0.2) is 4.39 Å². The van der Waals surface area contributed by atoms with E-state index in [1.807, 2.05) is 0 Å². The molecule has 0 amide bonds. The van der Waals surface area contributed by atoms with Crippen LogP contribution in [0.1, 0.15) is 30.2 Å². The number of nitrogens with one attached hydrogen (secondary N) is 1. The zero-order valence-electron chi connectivity index (χ0n) is 21.4. The molecule has 0 spiro atoms. The maximum atomic E-state index is 13.5. The van der Waals surface area contributed by atoms with E-state index in [1.54, 1.807) is 0 Å². The molecule has 24 heavy (non-hydrogen) atoms. The number of hydrogen-bond acceptors (Lipinski definition) is 4. The molecule has 0 radical (unpaired) electrons. The highest BCUT2D eigenvalue weighted by atomic mass is 19.1. The highest BCUT2D eigenvalue weighted by Crippen LogP contribution is 2.36. The van der Waals surface area contributed by atoms with Gasteiger partial charge < -0.3 is 19.5 Å². The summed E-state index contributed by atoms with van der Waals surface area (Å²) >= 11 is 0. The summed E-state index contributed by atoms with van der Waals surface area (Å²) in [6.07, 6.45) is -2.79. The molecule has 2 aromatic carbocycles. The maximum Gasteiger partial charge on any atom is 0.231 e. The molecular weight excluding hydrogens is 309 g/mol. The van der Waals surface area contributed by atoms with Gasteiger partial charge in [0, 0.05) is 25.4 Å². The molecule has 2 heterocycles. The average molecular weight is 338 g/mol. The Morgan fingerprint density at radius 3 is 2.96 bits per heavy atom. The van der Waals surface area contributed by atoms with Gasteiger partial charge in [0.15, 0.2) is 11.5 Å². The number of rotatable bonds is 4. The minimum absolute atomic E-state index is 0.0353. The summed E-state index contributed by atoms with van der Waals surface area (Å²) in [6, 6.07) is 8.22. The first-order valence-electron chi connectivity index (χ1n) is 11.8. The van der Waals surface area contributed by atoms with Crippen molar-refractivity contribution in [3.8, 4) is 17.2 Å². The largest absolute Gasteiger partial charge is 0.493 e. The van der Waals surface area contributed by atoms with Crippen LogP contribution in [-0.2, 0) is 0 Å². The Labute approximate surface area is 153 Å². The first-order valence-corrected chi connectivity index (χ1v) is 7.30. The van der Waals surface area contributed by atoms with Crippen molar-refractivity contribution in [2.45, 2.75) is 12.3 Å². The average Bonchev–Trinajstić information content (AvgIpc) is 2.99. The van der Waals surface area contributed by atoms with Crippen molar-refractivity contribution in [3.05, 3.63) is 53.8 Å². The van der Waals surface area contributed by atoms with Crippen LogP contribution in [0, 0.1) is 11.7 Å². The first-order chi connectivity index (χ1) is 15.1. The Morgan fingerprint density at radius 2 is 2.08 bits per heavy atom. The minimum atomic E-state index is -2.89. The molecule has 2 aromatic rings. The summed E-state index contributed by atoms with van der Waals surface area (Å²) in [7, 11) is 0. The molecule has 2 aliphatic heterocycles. The fourth-order valence-electron chi connectivity index (χ4n) is 2.44. The molecule has 2 atom stereocenters. The minimum Gasteiger partial charge on any atom is -0.493 e. The van der Waals surface area contributed by atoms with Gasteiger partial charge in [-0.1, -0.05) is 12.1 Å². The Balaban J connectivity index is 1.74. The van der Waals surface area contributed by atoms with Crippen molar-refractivity contribution < 1.29 is 30.9 Å².